The summed E-state index contributed by atoms with van der Waals surface area (Å²) in [6.45, 7) is 3.36. The molecule has 1 aromatic carbocycles. The molecule has 25 heavy (non-hydrogen) atoms. The topological polar surface area (TPSA) is 36.4 Å². The molecule has 4 nitrogen and oxygen atoms in total. The SMILES string of the molecule is CCCCN(Cc1ccncc1)C(=O)[C@H](c1ccc(F)cc1)N(C)C. The van der Waals surface area contributed by atoms with E-state index in [9.17, 15) is 9.18 Å². The van der Waals surface area contributed by atoms with Gasteiger partial charge in [-0.3, -0.25) is 14.7 Å². The number of unbranched alkanes of at least 4 members (excludes halogenated alkanes) is 1. The number of hydrogen-bond acceptors (Lipinski definition) is 3. The van der Waals surface area contributed by atoms with E-state index in [0.29, 0.717) is 13.1 Å². The van der Waals surface area contributed by atoms with Crippen LogP contribution in [0.4, 0.5) is 4.39 Å². The van der Waals surface area contributed by atoms with E-state index in [2.05, 4.69) is 11.9 Å². The first-order chi connectivity index (χ1) is 12.0. The molecule has 0 saturated carbocycles. The Morgan fingerprint density at radius 2 is 1.76 bits per heavy atom. The quantitative estimate of drug-likeness (QED) is 0.734. The van der Waals surface area contributed by atoms with E-state index >= 15 is 0 Å². The number of rotatable bonds is 8. The molecule has 0 spiro atoms. The Hall–Kier alpha value is -2.27. The Labute approximate surface area is 149 Å². The maximum atomic E-state index is 13.3. The van der Waals surface area contributed by atoms with Gasteiger partial charge >= 0.3 is 0 Å². The normalized spacial score (nSPS) is 12.2. The lowest BCUT2D eigenvalue weighted by atomic mass is 10.0. The molecule has 0 radical (unpaired) electrons. The molecule has 2 rings (SSSR count). The molecule has 0 aliphatic carbocycles. The molecule has 1 aromatic heterocycles. The van der Waals surface area contributed by atoms with E-state index in [0.717, 1.165) is 24.0 Å². The first kappa shape index (κ1) is 19.1. The molecular formula is C20H26FN3O. The summed E-state index contributed by atoms with van der Waals surface area (Å²) in [6, 6.07) is 9.59. The zero-order valence-corrected chi connectivity index (χ0v) is 15.2. The zero-order valence-electron chi connectivity index (χ0n) is 15.2. The highest BCUT2D eigenvalue weighted by Crippen LogP contribution is 2.23. The third-order valence-electron chi connectivity index (χ3n) is 4.15. The van der Waals surface area contributed by atoms with E-state index in [1.807, 2.05) is 36.0 Å². The van der Waals surface area contributed by atoms with E-state index < -0.39 is 6.04 Å². The lowest BCUT2D eigenvalue weighted by Gasteiger charge is -2.31. The second-order valence-corrected chi connectivity index (χ2v) is 6.39. The zero-order chi connectivity index (χ0) is 18.2. The summed E-state index contributed by atoms with van der Waals surface area (Å²) >= 11 is 0. The van der Waals surface area contributed by atoms with Gasteiger partial charge in [-0.2, -0.15) is 0 Å². The molecule has 5 heteroatoms. The fourth-order valence-electron chi connectivity index (χ4n) is 2.80. The fraction of sp³-hybridized carbons (Fsp3) is 0.400. The van der Waals surface area contributed by atoms with Crippen molar-refractivity contribution in [2.75, 3.05) is 20.6 Å². The van der Waals surface area contributed by atoms with Crippen LogP contribution in [-0.4, -0.2) is 41.3 Å². The number of halogens is 1. The number of hydrogen-bond donors (Lipinski definition) is 0. The molecule has 134 valence electrons. The van der Waals surface area contributed by atoms with Gasteiger partial charge in [0.25, 0.3) is 0 Å². The standard InChI is InChI=1S/C20H26FN3O/c1-4-5-14-24(15-16-10-12-22-13-11-16)20(25)19(23(2)3)17-6-8-18(21)9-7-17/h6-13,19H,4-5,14-15H2,1-3H3/t19-/m0/s1. The van der Waals surface area contributed by atoms with Crippen LogP contribution < -0.4 is 0 Å². The maximum Gasteiger partial charge on any atom is 0.244 e. The van der Waals surface area contributed by atoms with Gasteiger partial charge in [-0.25, -0.2) is 4.39 Å². The van der Waals surface area contributed by atoms with Gasteiger partial charge < -0.3 is 4.90 Å². The van der Waals surface area contributed by atoms with E-state index in [4.69, 9.17) is 0 Å². The number of benzene rings is 1. The third kappa shape index (κ3) is 5.36. The molecule has 0 N–H and O–H groups in total. The van der Waals surface area contributed by atoms with Crippen LogP contribution in [-0.2, 0) is 11.3 Å². The highest BCUT2D eigenvalue weighted by atomic mass is 19.1. The first-order valence-corrected chi connectivity index (χ1v) is 8.62. The van der Waals surface area contributed by atoms with Crippen molar-refractivity contribution in [3.8, 4) is 0 Å². The van der Waals surface area contributed by atoms with Gasteiger partial charge in [0.15, 0.2) is 0 Å². The number of amides is 1. The summed E-state index contributed by atoms with van der Waals surface area (Å²) < 4.78 is 13.3. The van der Waals surface area contributed by atoms with Crippen LogP contribution >= 0.6 is 0 Å². The van der Waals surface area contributed by atoms with Crippen molar-refractivity contribution in [3.63, 3.8) is 0 Å². The summed E-state index contributed by atoms with van der Waals surface area (Å²) in [5.41, 5.74) is 1.85. The van der Waals surface area contributed by atoms with E-state index in [1.165, 1.54) is 12.1 Å². The third-order valence-corrected chi connectivity index (χ3v) is 4.15. The molecule has 0 bridgehead atoms. The summed E-state index contributed by atoms with van der Waals surface area (Å²) in [4.78, 5) is 21.0. The second kappa shape index (κ2) is 9.28. The summed E-state index contributed by atoms with van der Waals surface area (Å²) in [6.07, 6.45) is 5.44. The lowest BCUT2D eigenvalue weighted by molar-refractivity contribution is -0.137. The number of carbonyl (C=O) groups excluding carboxylic acids is 1. The van der Waals surface area contributed by atoms with Crippen molar-refractivity contribution in [1.29, 1.82) is 0 Å². The predicted molar refractivity (Wildman–Crippen MR) is 97.4 cm³/mol. The fourth-order valence-corrected chi connectivity index (χ4v) is 2.80. The summed E-state index contributed by atoms with van der Waals surface area (Å²) in [5, 5.41) is 0. The van der Waals surface area contributed by atoms with Crippen molar-refractivity contribution in [1.82, 2.24) is 14.8 Å². The van der Waals surface area contributed by atoms with Gasteiger partial charge in [0.2, 0.25) is 5.91 Å². The molecule has 1 atom stereocenters. The van der Waals surface area contributed by atoms with Gasteiger partial charge in [0, 0.05) is 25.5 Å². The van der Waals surface area contributed by atoms with Crippen LogP contribution in [0.5, 0.6) is 0 Å². The van der Waals surface area contributed by atoms with Crippen LogP contribution in [0.2, 0.25) is 0 Å². The average Bonchev–Trinajstić information content (AvgIpc) is 2.61. The number of carbonyl (C=O) groups is 1. The van der Waals surface area contributed by atoms with E-state index in [1.54, 1.807) is 24.5 Å². The summed E-state index contributed by atoms with van der Waals surface area (Å²) in [7, 11) is 3.74. The lowest BCUT2D eigenvalue weighted by Crippen LogP contribution is -2.40. The number of aromatic nitrogens is 1. The van der Waals surface area contributed by atoms with Crippen LogP contribution in [0.25, 0.3) is 0 Å². The molecule has 0 fully saturated rings. The first-order valence-electron chi connectivity index (χ1n) is 8.62. The van der Waals surface area contributed by atoms with Gasteiger partial charge in [-0.05, 0) is 55.9 Å². The Morgan fingerprint density at radius 3 is 2.32 bits per heavy atom. The monoisotopic (exact) mass is 343 g/mol. The van der Waals surface area contributed by atoms with Crippen molar-refractivity contribution in [3.05, 3.63) is 65.7 Å². The highest BCUT2D eigenvalue weighted by molar-refractivity contribution is 5.83. The Balaban J connectivity index is 2.25. The van der Waals surface area contributed by atoms with Gasteiger partial charge in [0.1, 0.15) is 11.9 Å². The number of likely N-dealkylation sites (N-methyl/N-ethyl adjacent to an activating group) is 1. The van der Waals surface area contributed by atoms with Crippen LogP contribution in [0, 0.1) is 5.82 Å². The average molecular weight is 343 g/mol. The second-order valence-electron chi connectivity index (χ2n) is 6.39. The minimum absolute atomic E-state index is 0.0295. The molecule has 2 aromatic rings. The molecule has 1 heterocycles. The Morgan fingerprint density at radius 1 is 1.12 bits per heavy atom. The Kier molecular flexibility index (Phi) is 7.07. The van der Waals surface area contributed by atoms with Crippen LogP contribution in [0.1, 0.15) is 36.9 Å². The maximum absolute atomic E-state index is 13.3. The smallest absolute Gasteiger partial charge is 0.244 e. The molecule has 0 unspecified atom stereocenters. The number of nitrogens with zero attached hydrogens (tertiary/aromatic N) is 3. The summed E-state index contributed by atoms with van der Waals surface area (Å²) in [5.74, 6) is -0.268. The van der Waals surface area contributed by atoms with Crippen molar-refractivity contribution in [2.24, 2.45) is 0 Å². The van der Waals surface area contributed by atoms with Gasteiger partial charge in [-0.1, -0.05) is 25.5 Å². The highest BCUT2D eigenvalue weighted by Gasteiger charge is 2.27. The molecule has 0 aliphatic heterocycles. The van der Waals surface area contributed by atoms with Gasteiger partial charge in [-0.15, -0.1) is 0 Å². The minimum Gasteiger partial charge on any atom is -0.337 e. The molecular weight excluding hydrogens is 317 g/mol. The largest absolute Gasteiger partial charge is 0.337 e. The minimum atomic E-state index is -0.431. The molecule has 0 saturated heterocycles. The van der Waals surface area contributed by atoms with Crippen LogP contribution in [0.3, 0.4) is 0 Å². The Bertz CT molecular complexity index is 658. The van der Waals surface area contributed by atoms with Gasteiger partial charge in [0.05, 0.1) is 0 Å². The number of pyridine rings is 1. The van der Waals surface area contributed by atoms with E-state index in [-0.39, 0.29) is 11.7 Å². The van der Waals surface area contributed by atoms with Crippen molar-refractivity contribution < 1.29 is 9.18 Å². The predicted octanol–water partition coefficient (Wildman–Crippen LogP) is 3.65. The van der Waals surface area contributed by atoms with Crippen LogP contribution in [0.15, 0.2) is 48.8 Å². The van der Waals surface area contributed by atoms with Crippen molar-refractivity contribution >= 4 is 5.91 Å². The van der Waals surface area contributed by atoms with Crippen molar-refractivity contribution in [2.45, 2.75) is 32.4 Å². The molecule has 1 amide bonds. The molecule has 0 aliphatic rings.